The standard InChI is InChI=1S/C26H25F3O5/c1-18(14-15-32-22-9-5-6-19(16-22)10-13-25(30)31)33-23-12-11-20(26(27,28)29)17-24(23)34-21-7-3-2-4-8-21/h2-9,11-12,16-18H,10,13-15H2,1H3,(H,30,31). The Hall–Kier alpha value is -3.68. The van der Waals surface area contributed by atoms with E-state index in [2.05, 4.69) is 0 Å². The molecule has 180 valence electrons. The average Bonchev–Trinajstić information content (AvgIpc) is 2.79. The highest BCUT2D eigenvalue weighted by Gasteiger charge is 2.31. The zero-order valence-corrected chi connectivity index (χ0v) is 18.5. The molecule has 0 radical (unpaired) electrons. The summed E-state index contributed by atoms with van der Waals surface area (Å²) in [6.07, 6.45) is -3.97. The lowest BCUT2D eigenvalue weighted by atomic mass is 10.1. The van der Waals surface area contributed by atoms with E-state index in [1.54, 1.807) is 55.5 Å². The number of aryl methyl sites for hydroxylation is 1. The molecular weight excluding hydrogens is 449 g/mol. The van der Waals surface area contributed by atoms with Crippen molar-refractivity contribution in [2.24, 2.45) is 0 Å². The summed E-state index contributed by atoms with van der Waals surface area (Å²) in [4.78, 5) is 10.7. The maximum atomic E-state index is 13.2. The fourth-order valence-corrected chi connectivity index (χ4v) is 3.14. The Morgan fingerprint density at radius 3 is 2.38 bits per heavy atom. The van der Waals surface area contributed by atoms with Gasteiger partial charge in [-0.3, -0.25) is 4.79 Å². The van der Waals surface area contributed by atoms with Gasteiger partial charge in [0.05, 0.1) is 18.3 Å². The summed E-state index contributed by atoms with van der Waals surface area (Å²) in [6.45, 7) is 2.09. The Morgan fingerprint density at radius 2 is 1.68 bits per heavy atom. The first-order chi connectivity index (χ1) is 16.2. The molecule has 0 amide bonds. The molecule has 0 aromatic heterocycles. The van der Waals surface area contributed by atoms with Gasteiger partial charge < -0.3 is 19.3 Å². The second-order valence-electron chi connectivity index (χ2n) is 7.68. The Balaban J connectivity index is 1.62. The highest BCUT2D eigenvalue weighted by atomic mass is 19.4. The molecule has 1 N–H and O–H groups in total. The Morgan fingerprint density at radius 1 is 0.941 bits per heavy atom. The van der Waals surface area contributed by atoms with Crippen molar-refractivity contribution >= 4 is 5.97 Å². The molecule has 1 unspecified atom stereocenters. The maximum Gasteiger partial charge on any atom is 0.416 e. The van der Waals surface area contributed by atoms with Gasteiger partial charge >= 0.3 is 12.1 Å². The van der Waals surface area contributed by atoms with Crippen LogP contribution in [0.15, 0.2) is 72.8 Å². The average molecular weight is 474 g/mol. The summed E-state index contributed by atoms with van der Waals surface area (Å²) in [5.74, 6) is 0.305. The fourth-order valence-electron chi connectivity index (χ4n) is 3.14. The monoisotopic (exact) mass is 474 g/mol. The van der Waals surface area contributed by atoms with Crippen LogP contribution in [0.1, 0.15) is 30.9 Å². The minimum Gasteiger partial charge on any atom is -0.493 e. The van der Waals surface area contributed by atoms with Crippen molar-refractivity contribution < 1.29 is 37.3 Å². The zero-order valence-electron chi connectivity index (χ0n) is 18.5. The Labute approximate surface area is 195 Å². The number of aliphatic carboxylic acids is 1. The van der Waals surface area contributed by atoms with Crippen molar-refractivity contribution in [1.29, 1.82) is 0 Å². The minimum absolute atomic E-state index is 0.0278. The van der Waals surface area contributed by atoms with E-state index in [1.165, 1.54) is 6.07 Å². The fraction of sp³-hybridized carbons (Fsp3) is 0.269. The molecule has 0 aliphatic rings. The zero-order chi connectivity index (χ0) is 24.6. The SMILES string of the molecule is CC(CCOc1cccc(CCC(=O)O)c1)Oc1ccc(C(F)(F)F)cc1Oc1ccccc1. The van der Waals surface area contributed by atoms with Crippen LogP contribution in [0.2, 0.25) is 0 Å². The summed E-state index contributed by atoms with van der Waals surface area (Å²) in [5, 5.41) is 8.81. The van der Waals surface area contributed by atoms with Crippen molar-refractivity contribution in [2.45, 2.75) is 38.5 Å². The van der Waals surface area contributed by atoms with Gasteiger partial charge in [-0.1, -0.05) is 30.3 Å². The smallest absolute Gasteiger partial charge is 0.416 e. The van der Waals surface area contributed by atoms with E-state index in [9.17, 15) is 18.0 Å². The van der Waals surface area contributed by atoms with E-state index in [-0.39, 0.29) is 24.0 Å². The van der Waals surface area contributed by atoms with Crippen LogP contribution in [0.25, 0.3) is 0 Å². The van der Waals surface area contributed by atoms with Gasteiger partial charge in [-0.2, -0.15) is 13.2 Å². The van der Waals surface area contributed by atoms with Crippen LogP contribution in [0.3, 0.4) is 0 Å². The van der Waals surface area contributed by atoms with Gasteiger partial charge in [0.1, 0.15) is 11.5 Å². The first-order valence-corrected chi connectivity index (χ1v) is 10.7. The van der Waals surface area contributed by atoms with Crippen LogP contribution >= 0.6 is 0 Å². The number of hydrogen-bond acceptors (Lipinski definition) is 4. The Bertz CT molecular complexity index is 1080. The number of ether oxygens (including phenoxy) is 3. The molecule has 0 spiro atoms. The predicted molar refractivity (Wildman–Crippen MR) is 121 cm³/mol. The predicted octanol–water partition coefficient (Wildman–Crippen LogP) is 6.75. The van der Waals surface area contributed by atoms with Crippen molar-refractivity contribution in [2.75, 3.05) is 6.61 Å². The lowest BCUT2D eigenvalue weighted by molar-refractivity contribution is -0.138. The number of hydrogen-bond donors (Lipinski definition) is 1. The van der Waals surface area contributed by atoms with Gasteiger partial charge in [-0.25, -0.2) is 0 Å². The molecule has 0 fully saturated rings. The summed E-state index contributed by atoms with van der Waals surface area (Å²) in [7, 11) is 0. The van der Waals surface area contributed by atoms with Crippen LogP contribution in [0, 0.1) is 0 Å². The summed E-state index contributed by atoms with van der Waals surface area (Å²) in [6, 6.07) is 18.8. The lowest BCUT2D eigenvalue weighted by Gasteiger charge is -2.19. The molecule has 5 nitrogen and oxygen atoms in total. The lowest BCUT2D eigenvalue weighted by Crippen LogP contribution is -2.16. The molecule has 0 saturated carbocycles. The largest absolute Gasteiger partial charge is 0.493 e. The molecule has 0 aliphatic carbocycles. The van der Waals surface area contributed by atoms with Crippen molar-refractivity contribution in [3.8, 4) is 23.0 Å². The first kappa shape index (κ1) is 25.0. The summed E-state index contributed by atoms with van der Waals surface area (Å²) >= 11 is 0. The van der Waals surface area contributed by atoms with Gasteiger partial charge in [0.15, 0.2) is 11.5 Å². The molecule has 1 atom stereocenters. The molecule has 0 heterocycles. The van der Waals surface area contributed by atoms with Crippen molar-refractivity contribution in [3.63, 3.8) is 0 Å². The van der Waals surface area contributed by atoms with E-state index in [1.807, 2.05) is 6.07 Å². The van der Waals surface area contributed by atoms with E-state index in [0.717, 1.165) is 17.7 Å². The van der Waals surface area contributed by atoms with E-state index >= 15 is 0 Å². The number of alkyl halides is 3. The quantitative estimate of drug-likeness (QED) is 0.333. The Kier molecular flexibility index (Phi) is 8.40. The van der Waals surface area contributed by atoms with Crippen molar-refractivity contribution in [3.05, 3.63) is 83.9 Å². The van der Waals surface area contributed by atoms with E-state index in [0.29, 0.717) is 30.9 Å². The highest BCUT2D eigenvalue weighted by molar-refractivity contribution is 5.67. The first-order valence-electron chi connectivity index (χ1n) is 10.7. The van der Waals surface area contributed by atoms with Crippen LogP contribution in [-0.4, -0.2) is 23.8 Å². The molecular formula is C26H25F3O5. The minimum atomic E-state index is -4.51. The van der Waals surface area contributed by atoms with Gasteiger partial charge in [0, 0.05) is 12.8 Å². The van der Waals surface area contributed by atoms with Crippen LogP contribution in [0.5, 0.6) is 23.0 Å². The third kappa shape index (κ3) is 7.72. The maximum absolute atomic E-state index is 13.2. The van der Waals surface area contributed by atoms with Crippen molar-refractivity contribution in [1.82, 2.24) is 0 Å². The molecule has 0 aliphatic heterocycles. The number of carboxylic acid groups (broad SMARTS) is 1. The molecule has 3 aromatic rings. The van der Waals surface area contributed by atoms with Crippen LogP contribution in [0.4, 0.5) is 13.2 Å². The normalized spacial score (nSPS) is 12.1. The number of carbonyl (C=O) groups is 1. The molecule has 34 heavy (non-hydrogen) atoms. The third-order valence-electron chi connectivity index (χ3n) is 4.89. The summed E-state index contributed by atoms with van der Waals surface area (Å²) < 4.78 is 56.9. The van der Waals surface area contributed by atoms with E-state index in [4.69, 9.17) is 19.3 Å². The number of rotatable bonds is 11. The molecule has 3 aromatic carbocycles. The third-order valence-corrected chi connectivity index (χ3v) is 4.89. The second kappa shape index (κ2) is 11.4. The summed E-state index contributed by atoms with van der Waals surface area (Å²) in [5.41, 5.74) is 0.0289. The van der Waals surface area contributed by atoms with Crippen LogP contribution in [-0.2, 0) is 17.4 Å². The second-order valence-corrected chi connectivity index (χ2v) is 7.68. The highest BCUT2D eigenvalue weighted by Crippen LogP contribution is 2.38. The number of para-hydroxylation sites is 1. The molecule has 0 bridgehead atoms. The number of carboxylic acids is 1. The van der Waals surface area contributed by atoms with Crippen LogP contribution < -0.4 is 14.2 Å². The van der Waals surface area contributed by atoms with Gasteiger partial charge in [-0.05, 0) is 61.4 Å². The van der Waals surface area contributed by atoms with Gasteiger partial charge in [0.25, 0.3) is 0 Å². The van der Waals surface area contributed by atoms with Gasteiger partial charge in [-0.15, -0.1) is 0 Å². The topological polar surface area (TPSA) is 65.0 Å². The number of halogens is 3. The number of benzene rings is 3. The molecule has 8 heteroatoms. The van der Waals surface area contributed by atoms with Gasteiger partial charge in [0.2, 0.25) is 0 Å². The van der Waals surface area contributed by atoms with E-state index < -0.39 is 17.7 Å². The molecule has 3 rings (SSSR count). The molecule has 0 saturated heterocycles.